The van der Waals surface area contributed by atoms with Gasteiger partial charge < -0.3 is 9.30 Å². The molecule has 0 aliphatic heterocycles. The Morgan fingerprint density at radius 2 is 2.21 bits per heavy atom. The number of aryl methyl sites for hydroxylation is 1. The minimum Gasteiger partial charge on any atom is -0.378 e. The second kappa shape index (κ2) is 9.28. The number of imidazole rings is 1. The number of nitrogens with zero attached hydrogens (tertiary/aromatic N) is 3. The van der Waals surface area contributed by atoms with E-state index in [-0.39, 0.29) is 6.61 Å². The fourth-order valence-corrected chi connectivity index (χ4v) is 4.56. The van der Waals surface area contributed by atoms with E-state index in [1.165, 1.54) is 0 Å². The monoisotopic (exact) mass is 431 g/mol. The highest BCUT2D eigenvalue weighted by Gasteiger charge is 2.41. The molecule has 2 aliphatic rings. The van der Waals surface area contributed by atoms with Crippen LogP contribution in [0.1, 0.15) is 12.1 Å². The molecule has 0 spiro atoms. The van der Waals surface area contributed by atoms with Crippen LogP contribution in [0.5, 0.6) is 0 Å². The van der Waals surface area contributed by atoms with E-state index in [1.54, 1.807) is 18.0 Å². The van der Waals surface area contributed by atoms with Crippen molar-refractivity contribution < 1.29 is 9.13 Å². The van der Waals surface area contributed by atoms with E-state index in [0.717, 1.165) is 27.7 Å². The predicted molar refractivity (Wildman–Crippen MR) is 115 cm³/mol. The zero-order valence-electron chi connectivity index (χ0n) is 16.2. The third-order valence-electron chi connectivity index (χ3n) is 5.19. The van der Waals surface area contributed by atoms with E-state index in [2.05, 4.69) is 40.3 Å². The zero-order chi connectivity index (χ0) is 20.2. The molecule has 0 saturated heterocycles. The fourth-order valence-electron chi connectivity index (χ4n) is 3.55. The van der Waals surface area contributed by atoms with Gasteiger partial charge in [-0.05, 0) is 48.1 Å². The summed E-state index contributed by atoms with van der Waals surface area (Å²) in [7, 11) is 1.99. The van der Waals surface area contributed by atoms with Crippen LogP contribution in [0.4, 0.5) is 4.39 Å². The lowest BCUT2D eigenvalue weighted by Gasteiger charge is -2.07. The number of hydrogen-bond acceptors (Lipinski definition) is 4. The maximum absolute atomic E-state index is 12.2. The van der Waals surface area contributed by atoms with Crippen LogP contribution in [0.15, 0.2) is 65.1 Å². The largest absolute Gasteiger partial charge is 0.378 e. The number of halogens is 2. The number of hydrogen-bond donors (Lipinski definition) is 0. The first-order chi connectivity index (χ1) is 14.2. The smallest absolute Gasteiger partial charge is 0.113 e. The summed E-state index contributed by atoms with van der Waals surface area (Å²) in [6, 6.07) is 3.75. The van der Waals surface area contributed by atoms with Crippen LogP contribution in [-0.4, -0.2) is 34.4 Å². The van der Waals surface area contributed by atoms with Crippen molar-refractivity contribution in [1.29, 1.82) is 0 Å². The van der Waals surface area contributed by atoms with Gasteiger partial charge in [0, 0.05) is 25.4 Å². The van der Waals surface area contributed by atoms with Gasteiger partial charge in [0.2, 0.25) is 0 Å². The van der Waals surface area contributed by atoms with Crippen molar-refractivity contribution >= 4 is 28.9 Å². The lowest BCUT2D eigenvalue weighted by molar-refractivity contribution is 0.106. The Hall–Kier alpha value is -1.89. The Kier molecular flexibility index (Phi) is 6.53. The van der Waals surface area contributed by atoms with Crippen LogP contribution in [0.2, 0.25) is 5.02 Å². The third-order valence-corrected chi connectivity index (χ3v) is 6.54. The van der Waals surface area contributed by atoms with Crippen molar-refractivity contribution in [3.8, 4) is 0 Å². The number of alkyl halides is 1. The molecule has 2 unspecified atom stereocenters. The summed E-state index contributed by atoms with van der Waals surface area (Å²) < 4.78 is 19.6. The molecule has 4 rings (SSSR count). The van der Waals surface area contributed by atoms with Gasteiger partial charge in [0.25, 0.3) is 0 Å². The first-order valence-corrected chi connectivity index (χ1v) is 10.9. The lowest BCUT2D eigenvalue weighted by atomic mass is 10.0. The first kappa shape index (κ1) is 20.4. The highest BCUT2D eigenvalue weighted by Crippen LogP contribution is 2.46. The van der Waals surface area contributed by atoms with Crippen molar-refractivity contribution in [2.24, 2.45) is 24.8 Å². The van der Waals surface area contributed by atoms with Gasteiger partial charge in [-0.2, -0.15) is 0 Å². The second-order valence-corrected chi connectivity index (χ2v) is 8.74. The van der Waals surface area contributed by atoms with Crippen molar-refractivity contribution in [2.45, 2.75) is 16.5 Å². The molecule has 1 fully saturated rings. The van der Waals surface area contributed by atoms with Crippen molar-refractivity contribution in [1.82, 2.24) is 14.5 Å². The normalized spacial score (nSPS) is 23.1. The molecule has 0 bridgehead atoms. The molecule has 3 atom stereocenters. The third kappa shape index (κ3) is 5.00. The van der Waals surface area contributed by atoms with E-state index >= 15 is 0 Å². The predicted octanol–water partition coefficient (Wildman–Crippen LogP) is 5.37. The first-order valence-electron chi connectivity index (χ1n) is 9.67. The van der Waals surface area contributed by atoms with Crippen LogP contribution in [-0.2, 0) is 11.8 Å². The van der Waals surface area contributed by atoms with Crippen molar-refractivity contribution in [2.75, 3.05) is 19.9 Å². The molecule has 7 heteroatoms. The molecule has 152 valence electrons. The van der Waals surface area contributed by atoms with Crippen molar-refractivity contribution in [3.63, 3.8) is 0 Å². The number of rotatable bonds is 8. The molecule has 0 radical (unpaired) electrons. The summed E-state index contributed by atoms with van der Waals surface area (Å²) in [5, 5.41) is 2.53. The Morgan fingerprint density at radius 3 is 3.00 bits per heavy atom. The summed E-state index contributed by atoms with van der Waals surface area (Å²) in [5.74, 6) is 1.48. The van der Waals surface area contributed by atoms with Gasteiger partial charge in [0.05, 0.1) is 18.0 Å². The summed E-state index contributed by atoms with van der Waals surface area (Å²) >= 11 is 7.52. The average molecular weight is 432 g/mol. The Morgan fingerprint density at radius 1 is 1.31 bits per heavy atom. The summed E-state index contributed by atoms with van der Waals surface area (Å²) in [6.07, 6.45) is 15.5. The minimum atomic E-state index is -0.413. The van der Waals surface area contributed by atoms with Crippen LogP contribution < -0.4 is 0 Å². The SMILES string of the molecule is Cn1cnc(C2=CC=CC([C@H]3CC3COCCF)C=C2)c1Sc1ccc(Cl)cn1. The van der Waals surface area contributed by atoms with Gasteiger partial charge in [-0.25, -0.2) is 14.4 Å². The second-order valence-electron chi connectivity index (χ2n) is 7.29. The molecule has 2 aromatic heterocycles. The maximum atomic E-state index is 12.2. The molecule has 0 N–H and O–H groups in total. The van der Waals surface area contributed by atoms with E-state index in [1.807, 2.05) is 30.1 Å². The molecule has 0 aromatic carbocycles. The molecular weight excluding hydrogens is 409 g/mol. The van der Waals surface area contributed by atoms with E-state index in [9.17, 15) is 4.39 Å². The highest BCUT2D eigenvalue weighted by molar-refractivity contribution is 7.99. The summed E-state index contributed by atoms with van der Waals surface area (Å²) in [4.78, 5) is 9.01. The molecule has 1 saturated carbocycles. The highest BCUT2D eigenvalue weighted by atomic mass is 35.5. The van der Waals surface area contributed by atoms with Crippen molar-refractivity contribution in [3.05, 3.63) is 65.8 Å². The minimum absolute atomic E-state index is 0.202. The summed E-state index contributed by atoms with van der Waals surface area (Å²) in [5.41, 5.74) is 2.01. The molecule has 4 nitrogen and oxygen atoms in total. The average Bonchev–Trinajstić information content (AvgIpc) is 3.45. The number of ether oxygens (including phenoxy) is 1. The van der Waals surface area contributed by atoms with Crippen LogP contribution >= 0.6 is 23.4 Å². The molecule has 2 heterocycles. The molecule has 29 heavy (non-hydrogen) atoms. The Bertz CT molecular complexity index is 938. The van der Waals surface area contributed by atoms with E-state index in [4.69, 9.17) is 16.3 Å². The van der Waals surface area contributed by atoms with Gasteiger partial charge in [0.15, 0.2) is 0 Å². The number of allylic oxidation sites excluding steroid dienone is 6. The molecule has 2 aromatic rings. The quantitative estimate of drug-likeness (QED) is 0.527. The summed E-state index contributed by atoms with van der Waals surface area (Å²) in [6.45, 7) is 0.444. The van der Waals surface area contributed by atoms with Crippen LogP contribution in [0.3, 0.4) is 0 Å². The zero-order valence-corrected chi connectivity index (χ0v) is 17.7. The van der Waals surface area contributed by atoms with Crippen LogP contribution in [0.25, 0.3) is 5.57 Å². The lowest BCUT2D eigenvalue weighted by Crippen LogP contribution is -2.04. The molecule has 2 aliphatic carbocycles. The van der Waals surface area contributed by atoms with Gasteiger partial charge in [-0.3, -0.25) is 0 Å². The number of aromatic nitrogens is 3. The van der Waals surface area contributed by atoms with Crippen LogP contribution in [0, 0.1) is 17.8 Å². The maximum Gasteiger partial charge on any atom is 0.113 e. The van der Waals surface area contributed by atoms with E-state index in [0.29, 0.717) is 29.4 Å². The standard InChI is InChI=1S/C22H23ClFN3OS/c1-27-14-26-21(22(27)29-20-8-7-18(23)12-25-20)16-4-2-3-15(5-6-16)19-11-17(19)13-28-10-9-24/h2-8,12,14-15,17,19H,9-11,13H2,1H3/t15?,17?,19-/m1/s1. The topological polar surface area (TPSA) is 39.9 Å². The van der Waals surface area contributed by atoms with Gasteiger partial charge in [-0.15, -0.1) is 0 Å². The number of pyridine rings is 1. The molecule has 0 amide bonds. The molecular formula is C22H23ClFN3OS. The Balaban J connectivity index is 1.45. The van der Waals surface area contributed by atoms with E-state index < -0.39 is 6.67 Å². The van der Waals surface area contributed by atoms with Gasteiger partial charge >= 0.3 is 0 Å². The fraction of sp³-hybridized carbons (Fsp3) is 0.364. The Labute approximate surface area is 179 Å². The van der Waals surface area contributed by atoms with Gasteiger partial charge in [0.1, 0.15) is 22.4 Å². The van der Waals surface area contributed by atoms with Gasteiger partial charge in [-0.1, -0.05) is 42.0 Å².